The fourth-order valence-corrected chi connectivity index (χ4v) is 6.62. The van der Waals surface area contributed by atoms with E-state index in [4.69, 9.17) is 38.0 Å². The molecule has 1 saturated carbocycles. The third kappa shape index (κ3) is 7.00. The van der Waals surface area contributed by atoms with Gasteiger partial charge in [-0.15, -0.1) is 0 Å². The lowest BCUT2D eigenvalue weighted by Gasteiger charge is -2.22. The van der Waals surface area contributed by atoms with Gasteiger partial charge >= 0.3 is 0 Å². The average Bonchev–Trinajstić information content (AvgIpc) is 3.24. The SMILES string of the molecule is COc1cc(/C=C2\SC(=S)N(Cc3ccccc3)C2=O)cc(Cl)c1OCCOc1ccc(C2CCCCC2)cc1. The van der Waals surface area contributed by atoms with Gasteiger partial charge in [0.25, 0.3) is 5.91 Å². The Morgan fingerprint density at radius 2 is 1.73 bits per heavy atom. The van der Waals surface area contributed by atoms with Crippen LogP contribution in [-0.4, -0.2) is 35.5 Å². The number of nitrogens with zero attached hydrogens (tertiary/aromatic N) is 1. The molecule has 0 spiro atoms. The van der Waals surface area contributed by atoms with E-state index in [1.807, 2.05) is 42.5 Å². The lowest BCUT2D eigenvalue weighted by Crippen LogP contribution is -2.27. The van der Waals surface area contributed by atoms with Crippen LogP contribution in [0.25, 0.3) is 6.08 Å². The molecule has 208 valence electrons. The van der Waals surface area contributed by atoms with Crippen molar-refractivity contribution in [1.82, 2.24) is 4.90 Å². The Kier molecular flexibility index (Phi) is 9.68. The number of hydrogen-bond acceptors (Lipinski definition) is 6. The van der Waals surface area contributed by atoms with Crippen molar-refractivity contribution in [2.75, 3.05) is 20.3 Å². The first kappa shape index (κ1) is 28.5. The Hall–Kier alpha value is -3.00. The van der Waals surface area contributed by atoms with Crippen LogP contribution in [0.4, 0.5) is 0 Å². The molecule has 0 radical (unpaired) electrons. The summed E-state index contributed by atoms with van der Waals surface area (Å²) in [5.41, 5.74) is 3.15. The molecule has 1 aliphatic carbocycles. The van der Waals surface area contributed by atoms with Gasteiger partial charge in [-0.25, -0.2) is 0 Å². The van der Waals surface area contributed by atoms with E-state index in [0.717, 1.165) is 16.9 Å². The highest BCUT2D eigenvalue weighted by Crippen LogP contribution is 2.39. The van der Waals surface area contributed by atoms with Crippen LogP contribution in [-0.2, 0) is 11.3 Å². The van der Waals surface area contributed by atoms with E-state index in [1.54, 1.807) is 30.2 Å². The van der Waals surface area contributed by atoms with E-state index in [1.165, 1.54) is 49.4 Å². The van der Waals surface area contributed by atoms with E-state index in [9.17, 15) is 4.79 Å². The van der Waals surface area contributed by atoms with Crippen molar-refractivity contribution in [2.24, 2.45) is 0 Å². The molecule has 5 nitrogen and oxygen atoms in total. The molecule has 1 saturated heterocycles. The summed E-state index contributed by atoms with van der Waals surface area (Å²) in [6, 6.07) is 21.8. The summed E-state index contributed by atoms with van der Waals surface area (Å²) in [5, 5.41) is 0.391. The van der Waals surface area contributed by atoms with Gasteiger partial charge in [0.05, 0.1) is 23.6 Å². The van der Waals surface area contributed by atoms with Crippen molar-refractivity contribution < 1.29 is 19.0 Å². The van der Waals surface area contributed by atoms with Crippen molar-refractivity contribution in [1.29, 1.82) is 0 Å². The molecule has 5 rings (SSSR count). The Balaban J connectivity index is 1.18. The molecule has 1 amide bonds. The first-order chi connectivity index (χ1) is 19.5. The second-order valence-electron chi connectivity index (χ2n) is 9.89. The van der Waals surface area contributed by atoms with Gasteiger partial charge in [-0.05, 0) is 65.8 Å². The van der Waals surface area contributed by atoms with Crippen molar-refractivity contribution in [3.8, 4) is 17.2 Å². The van der Waals surface area contributed by atoms with Crippen molar-refractivity contribution in [3.63, 3.8) is 0 Å². The second kappa shape index (κ2) is 13.6. The summed E-state index contributed by atoms with van der Waals surface area (Å²) in [4.78, 5) is 15.2. The van der Waals surface area contributed by atoms with Crippen molar-refractivity contribution in [2.45, 2.75) is 44.6 Å². The van der Waals surface area contributed by atoms with Gasteiger partial charge in [0.1, 0.15) is 23.3 Å². The number of methoxy groups -OCH3 is 1. The minimum atomic E-state index is -0.127. The molecule has 3 aromatic rings. The summed E-state index contributed by atoms with van der Waals surface area (Å²) in [5.74, 6) is 2.29. The molecule has 1 aliphatic heterocycles. The minimum absolute atomic E-state index is 0.127. The minimum Gasteiger partial charge on any atom is -0.493 e. The van der Waals surface area contributed by atoms with E-state index >= 15 is 0 Å². The molecule has 0 aromatic heterocycles. The van der Waals surface area contributed by atoms with E-state index in [-0.39, 0.29) is 5.91 Å². The first-order valence-corrected chi connectivity index (χ1v) is 15.1. The number of rotatable bonds is 10. The monoisotopic (exact) mass is 593 g/mol. The van der Waals surface area contributed by atoms with Crippen LogP contribution in [0.15, 0.2) is 71.6 Å². The molecule has 8 heteroatoms. The summed E-state index contributed by atoms with van der Waals surface area (Å²) in [7, 11) is 1.56. The Bertz CT molecular complexity index is 1370. The van der Waals surface area contributed by atoms with Gasteiger partial charge in [0.15, 0.2) is 11.5 Å². The molecule has 2 fully saturated rings. The molecule has 0 N–H and O–H groups in total. The van der Waals surface area contributed by atoms with Crippen LogP contribution in [0, 0.1) is 0 Å². The number of thioether (sulfide) groups is 1. The van der Waals surface area contributed by atoms with Gasteiger partial charge in [-0.1, -0.05) is 97.3 Å². The van der Waals surface area contributed by atoms with Gasteiger partial charge in [-0.3, -0.25) is 9.69 Å². The third-order valence-corrected chi connectivity index (χ3v) is 8.82. The zero-order chi connectivity index (χ0) is 27.9. The number of halogens is 1. The molecule has 40 heavy (non-hydrogen) atoms. The number of amides is 1. The number of hydrogen-bond donors (Lipinski definition) is 0. The number of thiocarbonyl (C=S) groups is 1. The predicted octanol–water partition coefficient (Wildman–Crippen LogP) is 8.26. The number of ether oxygens (including phenoxy) is 3. The highest BCUT2D eigenvalue weighted by molar-refractivity contribution is 8.26. The van der Waals surface area contributed by atoms with Crippen LogP contribution in [0.3, 0.4) is 0 Å². The fraction of sp³-hybridized carbons (Fsp3) is 0.312. The van der Waals surface area contributed by atoms with E-state index in [0.29, 0.717) is 51.4 Å². The van der Waals surface area contributed by atoms with Crippen LogP contribution in [0.5, 0.6) is 17.2 Å². The molecule has 2 aliphatic rings. The Morgan fingerprint density at radius 1 is 1.00 bits per heavy atom. The lowest BCUT2D eigenvalue weighted by molar-refractivity contribution is -0.122. The van der Waals surface area contributed by atoms with E-state index < -0.39 is 0 Å². The number of carbonyl (C=O) groups is 1. The lowest BCUT2D eigenvalue weighted by atomic mass is 9.84. The maximum Gasteiger partial charge on any atom is 0.266 e. The standard InChI is InChI=1S/C32H32ClNO4S2/c1-36-28-19-23(20-29-31(35)34(32(39)40-29)21-22-8-4-2-5-9-22)18-27(33)30(28)38-17-16-37-26-14-12-25(13-15-26)24-10-6-3-7-11-24/h2,4-5,8-9,12-15,18-20,24H,3,6-7,10-11,16-17,21H2,1H3/b29-20-. The van der Waals surface area contributed by atoms with Crippen molar-refractivity contribution >= 4 is 51.9 Å². The highest BCUT2D eigenvalue weighted by Gasteiger charge is 2.32. The molecule has 0 unspecified atom stereocenters. The summed E-state index contributed by atoms with van der Waals surface area (Å²) in [6.07, 6.45) is 8.34. The maximum atomic E-state index is 13.1. The fourth-order valence-electron chi connectivity index (χ4n) is 5.09. The third-order valence-electron chi connectivity index (χ3n) is 7.16. The van der Waals surface area contributed by atoms with Crippen LogP contribution < -0.4 is 14.2 Å². The Labute approximate surface area is 250 Å². The zero-order valence-corrected chi connectivity index (χ0v) is 24.8. The normalized spacial score (nSPS) is 16.9. The Morgan fingerprint density at radius 3 is 2.45 bits per heavy atom. The summed E-state index contributed by atoms with van der Waals surface area (Å²) < 4.78 is 17.9. The zero-order valence-electron chi connectivity index (χ0n) is 22.4. The van der Waals surface area contributed by atoms with Gasteiger partial charge < -0.3 is 14.2 Å². The van der Waals surface area contributed by atoms with Gasteiger partial charge in [0, 0.05) is 0 Å². The predicted molar refractivity (Wildman–Crippen MR) is 166 cm³/mol. The highest BCUT2D eigenvalue weighted by atomic mass is 35.5. The van der Waals surface area contributed by atoms with Crippen LogP contribution >= 0.6 is 35.6 Å². The molecule has 0 bridgehead atoms. The average molecular weight is 594 g/mol. The number of carbonyl (C=O) groups excluding carboxylic acids is 1. The second-order valence-corrected chi connectivity index (χ2v) is 12.0. The van der Waals surface area contributed by atoms with E-state index in [2.05, 4.69) is 12.1 Å². The van der Waals surface area contributed by atoms with Crippen LogP contribution in [0.1, 0.15) is 54.7 Å². The molecule has 3 aromatic carbocycles. The molecular weight excluding hydrogens is 562 g/mol. The smallest absolute Gasteiger partial charge is 0.266 e. The van der Waals surface area contributed by atoms with Crippen molar-refractivity contribution in [3.05, 3.63) is 93.3 Å². The quantitative estimate of drug-likeness (QED) is 0.134. The van der Waals surface area contributed by atoms with Gasteiger partial charge in [0.2, 0.25) is 0 Å². The summed E-state index contributed by atoms with van der Waals surface area (Å²) >= 11 is 13.3. The molecule has 1 heterocycles. The topological polar surface area (TPSA) is 48.0 Å². The first-order valence-electron chi connectivity index (χ1n) is 13.5. The van der Waals surface area contributed by atoms with Crippen LogP contribution in [0.2, 0.25) is 5.02 Å². The maximum absolute atomic E-state index is 13.1. The molecular formula is C32H32ClNO4S2. The number of benzene rings is 3. The summed E-state index contributed by atoms with van der Waals surface area (Å²) in [6.45, 7) is 1.11. The van der Waals surface area contributed by atoms with Gasteiger partial charge in [-0.2, -0.15) is 0 Å². The largest absolute Gasteiger partial charge is 0.493 e. The molecule has 0 atom stereocenters.